The summed E-state index contributed by atoms with van der Waals surface area (Å²) in [5.41, 5.74) is 0.474. The molecule has 0 spiro atoms. The first kappa shape index (κ1) is 14.2. The highest BCUT2D eigenvalue weighted by molar-refractivity contribution is 5.96. The number of piperazine rings is 1. The van der Waals surface area contributed by atoms with Crippen LogP contribution in [0.4, 0.5) is 4.39 Å². The van der Waals surface area contributed by atoms with Crippen LogP contribution < -0.4 is 0 Å². The molecule has 0 radical (unpaired) electrons. The summed E-state index contributed by atoms with van der Waals surface area (Å²) in [6, 6.07) is 6.46. The number of halogens is 1. The van der Waals surface area contributed by atoms with Crippen molar-refractivity contribution < 1.29 is 9.18 Å². The average Bonchev–Trinajstić information content (AvgIpc) is 2.40. The van der Waals surface area contributed by atoms with E-state index >= 15 is 0 Å². The normalized spacial score (nSPS) is 21.5. The molecule has 0 aromatic heterocycles. The number of hydrogen-bond donors (Lipinski definition) is 0. The first-order valence-corrected chi connectivity index (χ1v) is 6.77. The molecule has 0 N–H and O–H groups in total. The van der Waals surface area contributed by atoms with Crippen LogP contribution in [0.2, 0.25) is 0 Å². The van der Waals surface area contributed by atoms with Crippen LogP contribution >= 0.6 is 0 Å². The third kappa shape index (κ3) is 3.85. The van der Waals surface area contributed by atoms with Crippen LogP contribution in [0.1, 0.15) is 23.7 Å². The summed E-state index contributed by atoms with van der Waals surface area (Å²) in [4.78, 5) is 16.6. The van der Waals surface area contributed by atoms with Gasteiger partial charge in [0.2, 0.25) is 0 Å². The Kier molecular flexibility index (Phi) is 4.66. The quantitative estimate of drug-likeness (QED) is 0.778. The van der Waals surface area contributed by atoms with Crippen LogP contribution in [0.15, 0.2) is 24.3 Å². The van der Waals surface area contributed by atoms with Crippen molar-refractivity contribution in [2.24, 2.45) is 0 Å². The highest BCUT2D eigenvalue weighted by atomic mass is 19.1. The molecular weight excluding hydrogens is 243 g/mol. The maximum Gasteiger partial charge on any atom is 0.164 e. The predicted molar refractivity (Wildman–Crippen MR) is 73.9 cm³/mol. The number of ketones is 1. The van der Waals surface area contributed by atoms with Crippen LogP contribution in [-0.4, -0.2) is 54.9 Å². The van der Waals surface area contributed by atoms with Crippen molar-refractivity contribution in [3.63, 3.8) is 0 Å². The van der Waals surface area contributed by atoms with E-state index in [2.05, 4.69) is 23.8 Å². The number of hydrogen-bond acceptors (Lipinski definition) is 3. The van der Waals surface area contributed by atoms with Crippen LogP contribution in [0, 0.1) is 5.82 Å². The van der Waals surface area contributed by atoms with Gasteiger partial charge in [-0.3, -0.25) is 4.79 Å². The van der Waals surface area contributed by atoms with Gasteiger partial charge in [-0.25, -0.2) is 4.39 Å². The maximum atomic E-state index is 13.0. The highest BCUT2D eigenvalue weighted by Crippen LogP contribution is 2.10. The molecule has 1 saturated heterocycles. The number of Topliss-reactive ketones (excluding diaryl/α,β-unsaturated/α-hetero) is 1. The molecule has 1 aromatic carbocycles. The van der Waals surface area contributed by atoms with Gasteiger partial charge in [-0.05, 0) is 26.1 Å². The molecule has 0 bridgehead atoms. The van der Waals surface area contributed by atoms with E-state index in [-0.39, 0.29) is 11.6 Å². The zero-order valence-corrected chi connectivity index (χ0v) is 11.6. The summed E-state index contributed by atoms with van der Waals surface area (Å²) in [5, 5.41) is 0. The van der Waals surface area contributed by atoms with Crippen molar-refractivity contribution in [1.82, 2.24) is 9.80 Å². The number of benzene rings is 1. The van der Waals surface area contributed by atoms with Crippen LogP contribution in [-0.2, 0) is 0 Å². The lowest BCUT2D eigenvalue weighted by Gasteiger charge is -2.37. The van der Waals surface area contributed by atoms with Crippen LogP contribution in [0.5, 0.6) is 0 Å². The van der Waals surface area contributed by atoms with E-state index in [4.69, 9.17) is 0 Å². The molecule has 1 aliphatic rings. The second-order valence-electron chi connectivity index (χ2n) is 5.31. The third-order valence-corrected chi connectivity index (χ3v) is 3.85. The van der Waals surface area contributed by atoms with Crippen molar-refractivity contribution >= 4 is 5.78 Å². The Bertz CT molecular complexity index is 450. The lowest BCUT2D eigenvalue weighted by Crippen LogP contribution is -2.50. The Labute approximate surface area is 114 Å². The van der Waals surface area contributed by atoms with Gasteiger partial charge in [-0.1, -0.05) is 12.1 Å². The molecule has 1 atom stereocenters. The largest absolute Gasteiger partial charge is 0.301 e. The minimum Gasteiger partial charge on any atom is -0.301 e. The smallest absolute Gasteiger partial charge is 0.164 e. The van der Waals surface area contributed by atoms with Gasteiger partial charge in [-0.15, -0.1) is 0 Å². The highest BCUT2D eigenvalue weighted by Gasteiger charge is 2.20. The second kappa shape index (κ2) is 6.26. The molecule has 0 saturated carbocycles. The molecule has 1 unspecified atom stereocenters. The van der Waals surface area contributed by atoms with E-state index in [1.54, 1.807) is 12.1 Å². The Hall–Kier alpha value is -1.26. The van der Waals surface area contributed by atoms with E-state index in [1.807, 2.05) is 0 Å². The topological polar surface area (TPSA) is 23.6 Å². The van der Waals surface area contributed by atoms with Gasteiger partial charge in [-0.2, -0.15) is 0 Å². The number of carbonyl (C=O) groups excluding carboxylic acids is 1. The fourth-order valence-electron chi connectivity index (χ4n) is 2.39. The summed E-state index contributed by atoms with van der Waals surface area (Å²) in [5.74, 6) is -0.329. The molecule has 1 aromatic rings. The van der Waals surface area contributed by atoms with Gasteiger partial charge in [0.1, 0.15) is 5.82 Å². The van der Waals surface area contributed by atoms with Gasteiger partial charge >= 0.3 is 0 Å². The van der Waals surface area contributed by atoms with E-state index < -0.39 is 0 Å². The Balaban J connectivity index is 1.84. The average molecular weight is 264 g/mol. The summed E-state index contributed by atoms with van der Waals surface area (Å²) in [6.07, 6.45) is 0.458. The standard InChI is InChI=1S/C15H21FN2O/c1-12-11-18(9-8-17(12)2)7-6-15(19)13-4-3-5-14(16)10-13/h3-5,10,12H,6-9,11H2,1-2H3. The minimum absolute atomic E-state index is 0.0195. The van der Waals surface area contributed by atoms with E-state index in [0.717, 1.165) is 26.2 Å². The zero-order chi connectivity index (χ0) is 13.8. The molecule has 1 fully saturated rings. The Morgan fingerprint density at radius 3 is 2.89 bits per heavy atom. The SMILES string of the molecule is CC1CN(CCC(=O)c2cccc(F)c2)CCN1C. The molecule has 1 heterocycles. The van der Waals surface area contributed by atoms with Gasteiger partial charge < -0.3 is 9.80 Å². The summed E-state index contributed by atoms with van der Waals surface area (Å²) in [6.45, 7) is 5.98. The number of likely N-dealkylation sites (N-methyl/N-ethyl adjacent to an activating group) is 1. The summed E-state index contributed by atoms with van der Waals surface area (Å²) < 4.78 is 13.0. The van der Waals surface area contributed by atoms with Crippen molar-refractivity contribution in [2.75, 3.05) is 33.2 Å². The van der Waals surface area contributed by atoms with Crippen molar-refractivity contribution in [3.05, 3.63) is 35.6 Å². The van der Waals surface area contributed by atoms with Gasteiger partial charge in [0.15, 0.2) is 5.78 Å². The first-order valence-electron chi connectivity index (χ1n) is 6.77. The Morgan fingerprint density at radius 2 is 2.21 bits per heavy atom. The fourth-order valence-corrected chi connectivity index (χ4v) is 2.39. The van der Waals surface area contributed by atoms with Gasteiger partial charge in [0.05, 0.1) is 0 Å². The fraction of sp³-hybridized carbons (Fsp3) is 0.533. The number of nitrogens with zero attached hydrogens (tertiary/aromatic N) is 2. The lowest BCUT2D eigenvalue weighted by molar-refractivity contribution is 0.0873. The number of carbonyl (C=O) groups is 1. The first-order chi connectivity index (χ1) is 9.06. The molecule has 3 nitrogen and oxygen atoms in total. The molecule has 0 amide bonds. The molecule has 2 rings (SSSR count). The third-order valence-electron chi connectivity index (χ3n) is 3.85. The summed E-state index contributed by atoms with van der Waals surface area (Å²) >= 11 is 0. The Morgan fingerprint density at radius 1 is 1.42 bits per heavy atom. The van der Waals surface area contributed by atoms with Crippen molar-refractivity contribution in [3.8, 4) is 0 Å². The maximum absolute atomic E-state index is 13.0. The van der Waals surface area contributed by atoms with Gasteiger partial charge in [0.25, 0.3) is 0 Å². The molecule has 19 heavy (non-hydrogen) atoms. The molecular formula is C15H21FN2O. The molecule has 4 heteroatoms. The predicted octanol–water partition coefficient (Wildman–Crippen LogP) is 2.03. The van der Waals surface area contributed by atoms with Crippen molar-refractivity contribution in [2.45, 2.75) is 19.4 Å². The van der Waals surface area contributed by atoms with Gasteiger partial charge in [0, 0.05) is 44.2 Å². The van der Waals surface area contributed by atoms with E-state index in [0.29, 0.717) is 18.0 Å². The molecule has 1 aliphatic heterocycles. The van der Waals surface area contributed by atoms with Crippen LogP contribution in [0.25, 0.3) is 0 Å². The van der Waals surface area contributed by atoms with Crippen LogP contribution in [0.3, 0.4) is 0 Å². The zero-order valence-electron chi connectivity index (χ0n) is 11.6. The molecule has 0 aliphatic carbocycles. The monoisotopic (exact) mass is 264 g/mol. The minimum atomic E-state index is -0.348. The van der Waals surface area contributed by atoms with E-state index in [1.165, 1.54) is 12.1 Å². The number of rotatable bonds is 4. The second-order valence-corrected chi connectivity index (χ2v) is 5.31. The lowest BCUT2D eigenvalue weighted by atomic mass is 10.1. The van der Waals surface area contributed by atoms with Crippen molar-refractivity contribution in [1.29, 1.82) is 0 Å². The summed E-state index contributed by atoms with van der Waals surface area (Å²) in [7, 11) is 2.12. The van der Waals surface area contributed by atoms with E-state index in [9.17, 15) is 9.18 Å². The molecule has 104 valence electrons.